The first kappa shape index (κ1) is 28.5. The molecule has 9 nitrogen and oxygen atoms in total. The summed E-state index contributed by atoms with van der Waals surface area (Å²) >= 11 is 6.19. The van der Waals surface area contributed by atoms with Gasteiger partial charge in [-0.25, -0.2) is 17.2 Å². The molecule has 1 N–H and O–H groups in total. The maximum absolute atomic E-state index is 14.0. The summed E-state index contributed by atoms with van der Waals surface area (Å²) in [5.41, 5.74) is 0.561. The van der Waals surface area contributed by atoms with Crippen LogP contribution in [0.25, 0.3) is 12.2 Å². The minimum Gasteiger partial charge on any atom is -0.495 e. The molecule has 1 amide bonds. The van der Waals surface area contributed by atoms with Crippen molar-refractivity contribution in [2.45, 2.75) is 24.7 Å². The second-order valence-corrected chi connectivity index (χ2v) is 11.1. The van der Waals surface area contributed by atoms with E-state index in [1.165, 1.54) is 49.7 Å². The third-order valence-electron chi connectivity index (χ3n) is 6.36. The number of carbonyl (C=O) groups is 1. The van der Waals surface area contributed by atoms with E-state index in [9.17, 15) is 22.0 Å². The number of halogens is 3. The van der Waals surface area contributed by atoms with Gasteiger partial charge in [-0.15, -0.1) is 0 Å². The van der Waals surface area contributed by atoms with Gasteiger partial charge in [0.2, 0.25) is 15.9 Å². The van der Waals surface area contributed by atoms with E-state index in [4.69, 9.17) is 25.6 Å². The van der Waals surface area contributed by atoms with Crippen LogP contribution in [-0.2, 0) is 14.8 Å². The van der Waals surface area contributed by atoms with Crippen molar-refractivity contribution in [3.8, 4) is 11.5 Å². The van der Waals surface area contributed by atoms with Crippen molar-refractivity contribution >= 4 is 45.4 Å². The molecule has 4 rings (SSSR count). The number of nitrogens with one attached hydrogen (secondary N) is 1. The Kier molecular flexibility index (Phi) is 8.57. The zero-order valence-corrected chi connectivity index (χ0v) is 22.9. The average molecular weight is 582 g/mol. The van der Waals surface area contributed by atoms with E-state index >= 15 is 0 Å². The highest BCUT2D eigenvalue weighted by Crippen LogP contribution is 2.37. The summed E-state index contributed by atoms with van der Waals surface area (Å²) in [4.78, 5) is 12.8. The lowest BCUT2D eigenvalue weighted by molar-refractivity contribution is -0.120. The maximum Gasteiger partial charge on any atom is 0.248 e. The first-order valence-corrected chi connectivity index (χ1v) is 13.7. The Morgan fingerprint density at radius 3 is 2.46 bits per heavy atom. The fourth-order valence-electron chi connectivity index (χ4n) is 4.28. The molecule has 1 aliphatic rings. The minimum atomic E-state index is -4.04. The van der Waals surface area contributed by atoms with Crippen molar-refractivity contribution in [3.63, 3.8) is 0 Å². The molecule has 3 aromatic rings. The second kappa shape index (κ2) is 11.7. The summed E-state index contributed by atoms with van der Waals surface area (Å²) in [6, 6.07) is 6.13. The molecule has 13 heteroatoms. The van der Waals surface area contributed by atoms with Crippen LogP contribution >= 0.6 is 11.6 Å². The van der Waals surface area contributed by atoms with Crippen LogP contribution in [0.4, 0.5) is 14.5 Å². The summed E-state index contributed by atoms with van der Waals surface area (Å²) in [6.45, 7) is 1.66. The van der Waals surface area contributed by atoms with Crippen LogP contribution in [0.1, 0.15) is 29.9 Å². The molecule has 0 atom stereocenters. The van der Waals surface area contributed by atoms with Gasteiger partial charge in [0, 0.05) is 36.7 Å². The second-order valence-electron chi connectivity index (χ2n) is 8.82. The van der Waals surface area contributed by atoms with Gasteiger partial charge in [-0.2, -0.15) is 4.31 Å². The summed E-state index contributed by atoms with van der Waals surface area (Å²) in [5, 5.41) is 6.87. The number of hydrogen-bond donors (Lipinski definition) is 1. The fraction of sp³-hybridized carbons (Fsp3) is 0.308. The number of piperidine rings is 1. The molecule has 0 saturated carbocycles. The molecule has 0 bridgehead atoms. The van der Waals surface area contributed by atoms with Gasteiger partial charge in [-0.05, 0) is 50.1 Å². The van der Waals surface area contributed by atoms with Gasteiger partial charge in [0.15, 0.2) is 10.7 Å². The van der Waals surface area contributed by atoms with Crippen molar-refractivity contribution < 1.29 is 36.0 Å². The molecule has 2 aromatic carbocycles. The molecule has 1 saturated heterocycles. The lowest BCUT2D eigenvalue weighted by Gasteiger charge is -2.30. The Hall–Kier alpha value is -3.48. The van der Waals surface area contributed by atoms with E-state index in [-0.39, 0.29) is 53.8 Å². The Morgan fingerprint density at radius 2 is 1.82 bits per heavy atom. The quantitative estimate of drug-likeness (QED) is 0.392. The largest absolute Gasteiger partial charge is 0.495 e. The van der Waals surface area contributed by atoms with Crippen molar-refractivity contribution in [1.82, 2.24) is 9.46 Å². The van der Waals surface area contributed by atoms with Crippen molar-refractivity contribution in [2.75, 3.05) is 32.6 Å². The number of aromatic nitrogens is 1. The molecule has 39 heavy (non-hydrogen) atoms. The van der Waals surface area contributed by atoms with Gasteiger partial charge in [0.1, 0.15) is 28.8 Å². The van der Waals surface area contributed by atoms with Crippen LogP contribution in [0, 0.1) is 24.5 Å². The van der Waals surface area contributed by atoms with E-state index in [0.717, 1.165) is 12.1 Å². The first-order valence-electron chi connectivity index (χ1n) is 11.9. The van der Waals surface area contributed by atoms with Crippen LogP contribution in [0.15, 0.2) is 39.8 Å². The first-order chi connectivity index (χ1) is 18.5. The Balaban J connectivity index is 1.46. The normalized spacial score (nSPS) is 15.0. The van der Waals surface area contributed by atoms with Crippen molar-refractivity contribution in [1.29, 1.82) is 0 Å². The summed E-state index contributed by atoms with van der Waals surface area (Å²) < 4.78 is 71.1. The Labute approximate surface area is 229 Å². The molecule has 208 valence electrons. The number of anilines is 1. The van der Waals surface area contributed by atoms with Gasteiger partial charge in [0.25, 0.3) is 0 Å². The molecular weight excluding hydrogens is 556 g/mol. The molecular formula is C26H26ClF2N3O6S. The minimum absolute atomic E-state index is 0.0513. The fourth-order valence-corrected chi connectivity index (χ4v) is 6.24. The van der Waals surface area contributed by atoms with Gasteiger partial charge in [0.05, 0.1) is 24.9 Å². The number of carbonyl (C=O) groups excluding carboxylic acids is 1. The number of nitrogens with zero attached hydrogens (tertiary/aromatic N) is 2. The highest BCUT2D eigenvalue weighted by atomic mass is 35.5. The van der Waals surface area contributed by atoms with Crippen LogP contribution in [0.3, 0.4) is 0 Å². The Bertz CT molecular complexity index is 1520. The molecule has 0 aliphatic carbocycles. The smallest absolute Gasteiger partial charge is 0.248 e. The molecule has 0 spiro atoms. The van der Waals surface area contributed by atoms with Gasteiger partial charge in [-0.1, -0.05) is 16.8 Å². The van der Waals surface area contributed by atoms with E-state index in [2.05, 4.69) is 10.5 Å². The van der Waals surface area contributed by atoms with Gasteiger partial charge < -0.3 is 19.3 Å². The predicted molar refractivity (Wildman–Crippen MR) is 141 cm³/mol. The number of ether oxygens (including phenoxy) is 2. The van der Waals surface area contributed by atoms with Crippen LogP contribution < -0.4 is 14.8 Å². The number of hydrogen-bond acceptors (Lipinski definition) is 7. The number of methoxy groups -OCH3 is 2. The molecule has 2 heterocycles. The number of rotatable bonds is 8. The predicted octanol–water partition coefficient (Wildman–Crippen LogP) is 5.14. The molecule has 1 fully saturated rings. The molecule has 1 aliphatic heterocycles. The lowest BCUT2D eigenvalue weighted by atomic mass is 9.97. The van der Waals surface area contributed by atoms with E-state index < -0.39 is 27.6 Å². The number of amides is 1. The van der Waals surface area contributed by atoms with E-state index in [1.807, 2.05) is 0 Å². The maximum atomic E-state index is 14.0. The Morgan fingerprint density at radius 1 is 1.13 bits per heavy atom. The van der Waals surface area contributed by atoms with Gasteiger partial charge >= 0.3 is 0 Å². The van der Waals surface area contributed by atoms with Crippen molar-refractivity contribution in [2.24, 2.45) is 5.92 Å². The number of aryl methyl sites for hydroxylation is 1. The highest BCUT2D eigenvalue weighted by Gasteiger charge is 2.36. The monoisotopic (exact) mass is 581 g/mol. The standard InChI is InChI=1S/C26H26ClF2N3O6S/c1-15-25(22(38-31-15)7-5-16-4-6-18(28)12-20(16)29)39(34,35)32-10-8-17(9-11-32)26(33)30-21-13-19(27)23(36-2)14-24(21)37-3/h4-7,12-14,17H,8-11H2,1-3H3,(H,30,33)/b7-5+. The lowest BCUT2D eigenvalue weighted by Crippen LogP contribution is -2.41. The SMILES string of the molecule is COc1cc(OC)c(NC(=O)C2CCN(S(=O)(=O)c3c(C)noc3/C=C/c3ccc(F)cc3F)CC2)cc1Cl. The zero-order chi connectivity index (χ0) is 28.3. The summed E-state index contributed by atoms with van der Waals surface area (Å²) in [6.07, 6.45) is 3.10. The number of benzene rings is 2. The molecule has 0 unspecified atom stereocenters. The van der Waals surface area contributed by atoms with E-state index in [0.29, 0.717) is 22.2 Å². The third kappa shape index (κ3) is 6.07. The molecule has 1 aromatic heterocycles. The van der Waals surface area contributed by atoms with Crippen molar-refractivity contribution in [3.05, 3.63) is 64.0 Å². The highest BCUT2D eigenvalue weighted by molar-refractivity contribution is 7.89. The molecule has 0 radical (unpaired) electrons. The van der Waals surface area contributed by atoms with Crippen LogP contribution in [0.5, 0.6) is 11.5 Å². The van der Waals surface area contributed by atoms with Crippen LogP contribution in [-0.4, -0.2) is 51.1 Å². The average Bonchev–Trinajstić information content (AvgIpc) is 3.29. The summed E-state index contributed by atoms with van der Waals surface area (Å²) in [5.74, 6) is -1.60. The third-order valence-corrected chi connectivity index (χ3v) is 8.72. The van der Waals surface area contributed by atoms with E-state index in [1.54, 1.807) is 6.07 Å². The number of sulfonamides is 1. The summed E-state index contributed by atoms with van der Waals surface area (Å²) in [7, 11) is -1.13. The van der Waals surface area contributed by atoms with Crippen LogP contribution in [0.2, 0.25) is 5.02 Å². The topological polar surface area (TPSA) is 111 Å². The van der Waals surface area contributed by atoms with Gasteiger partial charge in [-0.3, -0.25) is 4.79 Å². The zero-order valence-electron chi connectivity index (χ0n) is 21.3.